The van der Waals surface area contributed by atoms with Crippen LogP contribution in [0.5, 0.6) is 0 Å². The topological polar surface area (TPSA) is 56.5 Å². The number of benzene rings is 8. The van der Waals surface area contributed by atoms with Gasteiger partial charge in [0.15, 0.2) is 17.5 Å². The van der Waals surface area contributed by atoms with Gasteiger partial charge in [-0.1, -0.05) is 158 Å². The lowest BCUT2D eigenvalue weighted by atomic mass is 9.95. The van der Waals surface area contributed by atoms with Crippen molar-refractivity contribution in [3.8, 4) is 62.4 Å². The van der Waals surface area contributed by atoms with Crippen LogP contribution in [0, 0.1) is 0 Å². The molecule has 10 rings (SSSR count). The fourth-order valence-electron chi connectivity index (χ4n) is 7.27. The molecule has 0 saturated heterocycles. The van der Waals surface area contributed by atoms with Crippen molar-refractivity contribution < 1.29 is 0 Å². The van der Waals surface area contributed by atoms with Gasteiger partial charge in [-0.05, 0) is 57.6 Å². The predicted octanol–water partition coefficient (Wildman–Crippen LogP) is 11.9. The molecule has 0 saturated carbocycles. The molecule has 0 aliphatic rings. The van der Waals surface area contributed by atoms with Crippen molar-refractivity contribution in [2.75, 3.05) is 0 Å². The van der Waals surface area contributed by atoms with E-state index >= 15 is 0 Å². The summed E-state index contributed by atoms with van der Waals surface area (Å²) in [6.07, 6.45) is 0. The van der Waals surface area contributed by atoms with Crippen LogP contribution in [0.3, 0.4) is 0 Å². The van der Waals surface area contributed by atoms with Gasteiger partial charge >= 0.3 is 0 Å². The molecule has 0 radical (unpaired) electrons. The van der Waals surface area contributed by atoms with Gasteiger partial charge in [-0.2, -0.15) is 0 Å². The lowest BCUT2D eigenvalue weighted by molar-refractivity contribution is 1.07. The van der Waals surface area contributed by atoms with Gasteiger partial charge in [0.2, 0.25) is 0 Å². The summed E-state index contributed by atoms with van der Waals surface area (Å²) in [6.45, 7) is 0. The molecular formula is C48H31N5. The Labute approximate surface area is 306 Å². The highest BCUT2D eigenvalue weighted by Gasteiger charge is 2.19. The van der Waals surface area contributed by atoms with Gasteiger partial charge in [0.05, 0.1) is 11.0 Å². The SMILES string of the molecule is c1ccc(-c2nc(-c3ccccc3)nc(-c3cccc(-c4ccc5ccc6ccc7nc(-c8ccccc8)n(-c8ccccc8)c7c6c5c4)c3)n2)cc1. The van der Waals surface area contributed by atoms with Crippen LogP contribution in [0.1, 0.15) is 0 Å². The molecule has 248 valence electrons. The van der Waals surface area contributed by atoms with Crippen LogP contribution >= 0.6 is 0 Å². The number of rotatable bonds is 6. The van der Waals surface area contributed by atoms with Gasteiger partial charge in [-0.25, -0.2) is 19.9 Å². The molecule has 0 aliphatic heterocycles. The highest BCUT2D eigenvalue weighted by Crippen LogP contribution is 2.39. The second kappa shape index (κ2) is 12.8. The Bertz CT molecular complexity index is 2860. The number of imidazole rings is 1. The molecule has 5 heteroatoms. The van der Waals surface area contributed by atoms with Crippen molar-refractivity contribution in [3.05, 3.63) is 188 Å². The van der Waals surface area contributed by atoms with Crippen molar-refractivity contribution in [2.24, 2.45) is 0 Å². The van der Waals surface area contributed by atoms with Crippen molar-refractivity contribution in [2.45, 2.75) is 0 Å². The van der Waals surface area contributed by atoms with Gasteiger partial charge < -0.3 is 0 Å². The van der Waals surface area contributed by atoms with E-state index in [0.717, 1.165) is 55.9 Å². The lowest BCUT2D eigenvalue weighted by Crippen LogP contribution is -2.00. The molecule has 0 unspecified atom stereocenters. The molecule has 8 aromatic carbocycles. The zero-order chi connectivity index (χ0) is 35.1. The maximum Gasteiger partial charge on any atom is 0.164 e. The molecule has 53 heavy (non-hydrogen) atoms. The zero-order valence-electron chi connectivity index (χ0n) is 28.6. The molecule has 0 spiro atoms. The monoisotopic (exact) mass is 677 g/mol. The molecule has 0 aliphatic carbocycles. The minimum Gasteiger partial charge on any atom is -0.292 e. The van der Waals surface area contributed by atoms with E-state index in [2.05, 4.69) is 126 Å². The summed E-state index contributed by atoms with van der Waals surface area (Å²) in [5, 5.41) is 4.68. The molecule has 2 heterocycles. The second-order valence-electron chi connectivity index (χ2n) is 13.1. The van der Waals surface area contributed by atoms with E-state index < -0.39 is 0 Å². The Morgan fingerprint density at radius 3 is 1.49 bits per heavy atom. The standard InChI is InChI=1S/C48H31N5/c1-5-14-34(15-6-1)45-50-46(35-16-7-2-8-17-35)52-47(51-45)39-21-13-20-37(30-39)38-27-25-32-24-26-33-28-29-42-44(43(33)41(32)31-38)53(40-22-11-4-12-23-40)48(49-42)36-18-9-3-10-19-36/h1-31H. The van der Waals surface area contributed by atoms with Crippen LogP contribution in [0.15, 0.2) is 188 Å². The largest absolute Gasteiger partial charge is 0.292 e. The minimum atomic E-state index is 0.632. The highest BCUT2D eigenvalue weighted by molar-refractivity contribution is 6.20. The van der Waals surface area contributed by atoms with E-state index in [9.17, 15) is 0 Å². The van der Waals surface area contributed by atoms with Crippen molar-refractivity contribution in [1.82, 2.24) is 24.5 Å². The van der Waals surface area contributed by atoms with Crippen LogP contribution < -0.4 is 0 Å². The average Bonchev–Trinajstić information content (AvgIpc) is 3.64. The van der Waals surface area contributed by atoms with Gasteiger partial charge in [0.25, 0.3) is 0 Å². The van der Waals surface area contributed by atoms with Crippen molar-refractivity contribution >= 4 is 32.6 Å². The fourth-order valence-corrected chi connectivity index (χ4v) is 7.27. The van der Waals surface area contributed by atoms with E-state index in [1.165, 1.54) is 21.5 Å². The summed E-state index contributed by atoms with van der Waals surface area (Å²) in [5.41, 5.74) is 9.21. The summed E-state index contributed by atoms with van der Waals surface area (Å²) in [5.74, 6) is 2.84. The number of fused-ring (bicyclic) bond motifs is 5. The summed E-state index contributed by atoms with van der Waals surface area (Å²) in [6, 6.07) is 65.2. The van der Waals surface area contributed by atoms with Crippen molar-refractivity contribution in [1.29, 1.82) is 0 Å². The minimum absolute atomic E-state index is 0.632. The van der Waals surface area contributed by atoms with E-state index in [0.29, 0.717) is 17.5 Å². The van der Waals surface area contributed by atoms with Crippen LogP contribution in [-0.2, 0) is 0 Å². The Morgan fingerprint density at radius 2 is 0.830 bits per heavy atom. The number of hydrogen-bond acceptors (Lipinski definition) is 4. The van der Waals surface area contributed by atoms with Crippen LogP contribution in [0.25, 0.3) is 94.9 Å². The quantitative estimate of drug-likeness (QED) is 0.164. The molecule has 0 fully saturated rings. The highest BCUT2D eigenvalue weighted by atomic mass is 15.1. The third-order valence-electron chi connectivity index (χ3n) is 9.82. The first-order valence-corrected chi connectivity index (χ1v) is 17.7. The number of aromatic nitrogens is 5. The van der Waals surface area contributed by atoms with Crippen LogP contribution in [0.4, 0.5) is 0 Å². The molecular weight excluding hydrogens is 647 g/mol. The molecule has 5 nitrogen and oxygen atoms in total. The fraction of sp³-hybridized carbons (Fsp3) is 0. The van der Waals surface area contributed by atoms with Gasteiger partial charge in [0, 0.05) is 33.3 Å². The van der Waals surface area contributed by atoms with E-state index in [1.54, 1.807) is 0 Å². The predicted molar refractivity (Wildman–Crippen MR) is 217 cm³/mol. The zero-order valence-corrected chi connectivity index (χ0v) is 28.6. The molecule has 0 bridgehead atoms. The second-order valence-corrected chi connectivity index (χ2v) is 13.1. The first-order chi connectivity index (χ1) is 26.3. The first-order valence-electron chi connectivity index (χ1n) is 17.7. The smallest absolute Gasteiger partial charge is 0.164 e. The molecule has 0 amide bonds. The summed E-state index contributed by atoms with van der Waals surface area (Å²) >= 11 is 0. The van der Waals surface area contributed by atoms with Gasteiger partial charge in [0.1, 0.15) is 5.82 Å². The Kier molecular flexibility index (Phi) is 7.40. The summed E-state index contributed by atoms with van der Waals surface area (Å²) in [7, 11) is 0. The lowest BCUT2D eigenvalue weighted by Gasteiger charge is -2.13. The normalized spacial score (nSPS) is 11.4. The summed E-state index contributed by atoms with van der Waals surface area (Å²) in [4.78, 5) is 20.1. The van der Waals surface area contributed by atoms with E-state index in [4.69, 9.17) is 19.9 Å². The van der Waals surface area contributed by atoms with Gasteiger partial charge in [-0.3, -0.25) is 4.57 Å². The summed E-state index contributed by atoms with van der Waals surface area (Å²) < 4.78 is 2.31. The number of para-hydroxylation sites is 1. The van der Waals surface area contributed by atoms with E-state index in [1.807, 2.05) is 66.7 Å². The maximum atomic E-state index is 5.24. The number of hydrogen-bond donors (Lipinski definition) is 0. The third-order valence-corrected chi connectivity index (χ3v) is 9.82. The Balaban J connectivity index is 1.17. The average molecular weight is 678 g/mol. The van der Waals surface area contributed by atoms with Crippen LogP contribution in [0.2, 0.25) is 0 Å². The molecule has 0 atom stereocenters. The van der Waals surface area contributed by atoms with E-state index in [-0.39, 0.29) is 0 Å². The first kappa shape index (κ1) is 30.6. The number of nitrogens with zero attached hydrogens (tertiary/aromatic N) is 5. The third kappa shape index (κ3) is 5.52. The Morgan fingerprint density at radius 1 is 0.340 bits per heavy atom. The van der Waals surface area contributed by atoms with Crippen molar-refractivity contribution in [3.63, 3.8) is 0 Å². The molecule has 2 aromatic heterocycles. The van der Waals surface area contributed by atoms with Gasteiger partial charge in [-0.15, -0.1) is 0 Å². The maximum absolute atomic E-state index is 5.24. The Hall–Kier alpha value is -7.24. The van der Waals surface area contributed by atoms with Crippen LogP contribution in [-0.4, -0.2) is 24.5 Å². The molecule has 10 aromatic rings. The molecule has 0 N–H and O–H groups in total.